The summed E-state index contributed by atoms with van der Waals surface area (Å²) in [7, 11) is 2.02. The zero-order valence-electron chi connectivity index (χ0n) is 16.8. The van der Waals surface area contributed by atoms with Crippen LogP contribution in [0, 0.1) is 16.7 Å². The van der Waals surface area contributed by atoms with Crippen molar-refractivity contribution in [3.05, 3.63) is 30.3 Å². The second kappa shape index (κ2) is 7.80. The fourth-order valence-electron chi connectivity index (χ4n) is 3.90. The molecule has 1 saturated carbocycles. The molecule has 2 atom stereocenters. The Kier molecular flexibility index (Phi) is 6.18. The number of carbonyl (C=O) groups is 1. The molecule has 1 aliphatic carbocycles. The van der Waals surface area contributed by atoms with Gasteiger partial charge in [0.25, 0.3) is 0 Å². The van der Waals surface area contributed by atoms with Gasteiger partial charge in [-0.2, -0.15) is 0 Å². The van der Waals surface area contributed by atoms with E-state index in [0.717, 1.165) is 18.5 Å². The number of anilines is 1. The van der Waals surface area contributed by atoms with Crippen molar-refractivity contribution in [2.45, 2.75) is 66.4 Å². The molecule has 0 N–H and O–H groups in total. The Morgan fingerprint density at radius 2 is 1.84 bits per heavy atom. The van der Waals surface area contributed by atoms with Crippen LogP contribution in [0.2, 0.25) is 0 Å². The van der Waals surface area contributed by atoms with Crippen molar-refractivity contribution in [1.29, 1.82) is 0 Å². The molecule has 1 aromatic carbocycles. The minimum Gasteiger partial charge on any atom is -0.462 e. The maximum Gasteiger partial charge on any atom is 0.307 e. The van der Waals surface area contributed by atoms with E-state index in [2.05, 4.69) is 51.7 Å². The lowest BCUT2D eigenvalue weighted by atomic mass is 9.55. The summed E-state index contributed by atoms with van der Waals surface area (Å²) < 4.78 is 5.99. The number of ether oxygens (including phenoxy) is 1. The van der Waals surface area contributed by atoms with Gasteiger partial charge in [0.05, 0.1) is 6.42 Å². The van der Waals surface area contributed by atoms with E-state index in [1.807, 2.05) is 25.2 Å². The highest BCUT2D eigenvalue weighted by atomic mass is 16.5. The number of benzene rings is 1. The van der Waals surface area contributed by atoms with Crippen molar-refractivity contribution < 1.29 is 9.53 Å². The summed E-state index contributed by atoms with van der Waals surface area (Å²) in [6, 6.07) is 10.2. The van der Waals surface area contributed by atoms with Crippen molar-refractivity contribution in [2.75, 3.05) is 18.5 Å². The van der Waals surface area contributed by atoms with Crippen LogP contribution in [0.25, 0.3) is 0 Å². The highest BCUT2D eigenvalue weighted by Gasteiger charge is 2.50. The van der Waals surface area contributed by atoms with E-state index < -0.39 is 0 Å². The second-order valence-corrected chi connectivity index (χ2v) is 8.81. The van der Waals surface area contributed by atoms with Gasteiger partial charge in [-0.1, -0.05) is 59.2 Å². The number of rotatable bonds is 6. The first-order valence-electron chi connectivity index (χ1n) is 9.63. The molecule has 0 bridgehead atoms. The molecule has 25 heavy (non-hydrogen) atoms. The van der Waals surface area contributed by atoms with Crippen LogP contribution in [0.15, 0.2) is 30.3 Å². The van der Waals surface area contributed by atoms with E-state index in [1.54, 1.807) is 0 Å². The van der Waals surface area contributed by atoms with Gasteiger partial charge < -0.3 is 9.64 Å². The van der Waals surface area contributed by atoms with Gasteiger partial charge in [0.15, 0.2) is 0 Å². The second-order valence-electron chi connectivity index (χ2n) is 8.81. The molecule has 0 spiro atoms. The standard InChI is InChI=1S/C22H35NO2/c1-7-17-15-19(22(4,5)21(2,3)16-17)25-20(24)13-14-23(6)18-11-9-8-10-12-18/h8-12,17,19H,7,13-16H2,1-6H3. The Bertz CT molecular complexity index is 565. The summed E-state index contributed by atoms with van der Waals surface area (Å²) in [5.41, 5.74) is 1.30. The van der Waals surface area contributed by atoms with Gasteiger partial charge in [0.1, 0.15) is 6.10 Å². The summed E-state index contributed by atoms with van der Waals surface area (Å²) in [5.74, 6) is 0.571. The maximum atomic E-state index is 12.5. The first kappa shape index (κ1) is 19.8. The fraction of sp³-hybridized carbons (Fsp3) is 0.682. The van der Waals surface area contributed by atoms with Gasteiger partial charge in [-0.3, -0.25) is 4.79 Å². The molecule has 2 unspecified atom stereocenters. The third-order valence-electron chi connectivity index (χ3n) is 6.59. The summed E-state index contributed by atoms with van der Waals surface area (Å²) in [5, 5.41) is 0. The van der Waals surface area contributed by atoms with E-state index in [9.17, 15) is 4.79 Å². The van der Waals surface area contributed by atoms with Gasteiger partial charge in [0.2, 0.25) is 0 Å². The lowest BCUT2D eigenvalue weighted by molar-refractivity contribution is -0.171. The molecule has 1 fully saturated rings. The first-order chi connectivity index (χ1) is 11.7. The number of hydrogen-bond acceptors (Lipinski definition) is 3. The largest absolute Gasteiger partial charge is 0.462 e. The molecule has 0 amide bonds. The lowest BCUT2D eigenvalue weighted by Crippen LogP contribution is -2.50. The number of esters is 1. The third kappa shape index (κ3) is 4.56. The molecule has 3 heteroatoms. The average molecular weight is 346 g/mol. The van der Waals surface area contributed by atoms with Crippen LogP contribution in [0.3, 0.4) is 0 Å². The van der Waals surface area contributed by atoms with Gasteiger partial charge in [0, 0.05) is 24.7 Å². The number of carbonyl (C=O) groups excluding carboxylic acids is 1. The monoisotopic (exact) mass is 345 g/mol. The molecule has 0 aromatic heterocycles. The molecule has 1 aliphatic rings. The molecule has 0 saturated heterocycles. The predicted octanol–water partition coefficient (Wildman–Crippen LogP) is 5.30. The molecular formula is C22H35NO2. The summed E-state index contributed by atoms with van der Waals surface area (Å²) >= 11 is 0. The Balaban J connectivity index is 1.94. The molecule has 140 valence electrons. The zero-order chi connectivity index (χ0) is 18.7. The van der Waals surface area contributed by atoms with Crippen molar-refractivity contribution in [3.63, 3.8) is 0 Å². The van der Waals surface area contributed by atoms with E-state index in [1.165, 1.54) is 6.42 Å². The van der Waals surface area contributed by atoms with E-state index in [4.69, 9.17) is 4.74 Å². The molecule has 2 rings (SSSR count). The predicted molar refractivity (Wildman–Crippen MR) is 105 cm³/mol. The van der Waals surface area contributed by atoms with Gasteiger partial charge in [-0.25, -0.2) is 0 Å². The molecule has 3 nitrogen and oxygen atoms in total. The van der Waals surface area contributed by atoms with Crippen molar-refractivity contribution in [2.24, 2.45) is 16.7 Å². The van der Waals surface area contributed by atoms with Crippen LogP contribution in [0.4, 0.5) is 5.69 Å². The highest BCUT2D eigenvalue weighted by molar-refractivity contribution is 5.70. The van der Waals surface area contributed by atoms with Crippen molar-refractivity contribution >= 4 is 11.7 Å². The van der Waals surface area contributed by atoms with Crippen LogP contribution >= 0.6 is 0 Å². The minimum absolute atomic E-state index is 0.000335. The van der Waals surface area contributed by atoms with Crippen molar-refractivity contribution in [3.8, 4) is 0 Å². The zero-order valence-corrected chi connectivity index (χ0v) is 16.8. The van der Waals surface area contributed by atoms with Gasteiger partial charge in [-0.15, -0.1) is 0 Å². The number of para-hydroxylation sites is 1. The summed E-state index contributed by atoms with van der Waals surface area (Å²) in [4.78, 5) is 14.6. The molecule has 0 radical (unpaired) electrons. The average Bonchev–Trinajstić information content (AvgIpc) is 2.57. The third-order valence-corrected chi connectivity index (χ3v) is 6.59. The Morgan fingerprint density at radius 1 is 1.20 bits per heavy atom. The highest BCUT2D eigenvalue weighted by Crippen LogP contribution is 2.53. The van der Waals surface area contributed by atoms with E-state index >= 15 is 0 Å². The molecule has 1 aromatic rings. The van der Waals surface area contributed by atoms with Gasteiger partial charge >= 0.3 is 5.97 Å². The quantitative estimate of drug-likeness (QED) is 0.655. The van der Waals surface area contributed by atoms with E-state index in [0.29, 0.717) is 18.9 Å². The van der Waals surface area contributed by atoms with Crippen molar-refractivity contribution in [1.82, 2.24) is 0 Å². The molecule has 0 heterocycles. The number of nitrogens with zero attached hydrogens (tertiary/aromatic N) is 1. The van der Waals surface area contributed by atoms with Crippen LogP contribution in [0.5, 0.6) is 0 Å². The fourth-order valence-corrected chi connectivity index (χ4v) is 3.90. The van der Waals surface area contributed by atoms with Crippen LogP contribution in [0.1, 0.15) is 60.3 Å². The van der Waals surface area contributed by atoms with Gasteiger partial charge in [-0.05, 0) is 36.3 Å². The van der Waals surface area contributed by atoms with E-state index in [-0.39, 0.29) is 22.9 Å². The van der Waals surface area contributed by atoms with Crippen LogP contribution < -0.4 is 4.90 Å². The lowest BCUT2D eigenvalue weighted by Gasteiger charge is -2.52. The normalized spacial score (nSPS) is 24.6. The smallest absolute Gasteiger partial charge is 0.307 e. The van der Waals surface area contributed by atoms with Crippen LogP contribution in [-0.2, 0) is 9.53 Å². The maximum absolute atomic E-state index is 12.5. The summed E-state index contributed by atoms with van der Waals surface area (Å²) in [6.07, 6.45) is 3.80. The Morgan fingerprint density at radius 3 is 2.44 bits per heavy atom. The summed E-state index contributed by atoms with van der Waals surface area (Å²) in [6.45, 7) is 12.1. The Hall–Kier alpha value is -1.51. The topological polar surface area (TPSA) is 29.5 Å². The van der Waals surface area contributed by atoms with Crippen LogP contribution in [-0.4, -0.2) is 25.7 Å². The SMILES string of the molecule is CCC1CC(OC(=O)CCN(C)c2ccccc2)C(C)(C)C(C)(C)C1. The first-order valence-corrected chi connectivity index (χ1v) is 9.63. The molecular weight excluding hydrogens is 310 g/mol. The minimum atomic E-state index is -0.0755. The number of hydrogen-bond donors (Lipinski definition) is 0. The molecule has 0 aliphatic heterocycles. The Labute approximate surface area is 153 Å².